The Balaban J connectivity index is 1.45. The number of para-hydroxylation sites is 1. The molecule has 0 unspecified atom stereocenters. The van der Waals surface area contributed by atoms with Gasteiger partial charge in [0.05, 0.1) is 6.20 Å². The van der Waals surface area contributed by atoms with Gasteiger partial charge in [-0.25, -0.2) is 0 Å². The lowest BCUT2D eigenvalue weighted by atomic mass is 10.1. The second-order valence-corrected chi connectivity index (χ2v) is 7.04. The number of anilines is 1. The Hall–Kier alpha value is -3.09. The first-order valence-corrected chi connectivity index (χ1v) is 9.78. The number of hydrogen-bond acceptors (Lipinski definition) is 5. The topological polar surface area (TPSA) is 76.2 Å². The highest BCUT2D eigenvalue weighted by Gasteiger charge is 2.19. The van der Waals surface area contributed by atoms with Crippen molar-refractivity contribution in [3.05, 3.63) is 53.5 Å². The predicted octanol–water partition coefficient (Wildman–Crippen LogP) is 3.40. The van der Waals surface area contributed by atoms with Crippen molar-refractivity contribution < 1.29 is 9.32 Å². The monoisotopic (exact) mass is 379 g/mol. The van der Waals surface area contributed by atoms with E-state index in [0.29, 0.717) is 12.2 Å². The first kappa shape index (κ1) is 18.3. The molecule has 2 aromatic heterocycles. The Bertz CT molecular complexity index is 969. The number of carbonyl (C=O) groups excluding carboxylic acids is 1. The van der Waals surface area contributed by atoms with Gasteiger partial charge in [0.1, 0.15) is 5.69 Å². The summed E-state index contributed by atoms with van der Waals surface area (Å²) < 4.78 is 7.18. The fraction of sp³-hybridized carbons (Fsp3) is 0.381. The average Bonchev–Trinajstić information content (AvgIpc) is 3.47. The Labute approximate surface area is 164 Å². The summed E-state index contributed by atoms with van der Waals surface area (Å²) in [7, 11) is 0. The maximum Gasteiger partial charge on any atom is 0.290 e. The molecule has 1 aromatic carbocycles. The maximum absolute atomic E-state index is 12.6. The summed E-state index contributed by atoms with van der Waals surface area (Å²) in [4.78, 5) is 14.9. The third kappa shape index (κ3) is 3.52. The highest BCUT2D eigenvalue weighted by molar-refractivity contribution is 5.92. The van der Waals surface area contributed by atoms with E-state index in [4.69, 9.17) is 4.52 Å². The van der Waals surface area contributed by atoms with E-state index in [-0.39, 0.29) is 11.7 Å². The lowest BCUT2D eigenvalue weighted by Gasteiger charge is -2.21. The molecule has 7 heteroatoms. The predicted molar refractivity (Wildman–Crippen MR) is 107 cm³/mol. The quantitative estimate of drug-likeness (QED) is 0.710. The molecule has 0 bridgehead atoms. The van der Waals surface area contributed by atoms with E-state index in [0.717, 1.165) is 36.5 Å². The van der Waals surface area contributed by atoms with E-state index >= 15 is 0 Å². The average molecular weight is 379 g/mol. The number of benzene rings is 1. The minimum atomic E-state index is -0.268. The third-order valence-corrected chi connectivity index (χ3v) is 5.29. The van der Waals surface area contributed by atoms with Crippen molar-refractivity contribution >= 4 is 11.6 Å². The molecular formula is C21H25N5O2. The van der Waals surface area contributed by atoms with Gasteiger partial charge in [-0.15, -0.1) is 0 Å². The van der Waals surface area contributed by atoms with Gasteiger partial charge in [-0.2, -0.15) is 5.10 Å². The molecule has 0 radical (unpaired) electrons. The fourth-order valence-electron chi connectivity index (χ4n) is 3.72. The number of nitrogens with one attached hydrogen (secondary N) is 1. The number of carbonyl (C=O) groups is 1. The second kappa shape index (κ2) is 7.88. The van der Waals surface area contributed by atoms with Crippen molar-refractivity contribution in [3.8, 4) is 11.3 Å². The van der Waals surface area contributed by atoms with E-state index in [2.05, 4.69) is 32.6 Å². The number of hydrogen-bond donors (Lipinski definition) is 1. The standard InChI is InChI=1S/C21H25N5O2/c1-3-26-15(2)17(14-23-26)18-12-20(28-24-18)21(27)22-13-16-8-4-5-9-19(16)25-10-6-7-11-25/h4-5,8-9,12,14H,3,6-7,10-11,13H2,1-2H3,(H,22,27). The van der Waals surface area contributed by atoms with Crippen LogP contribution in [0.4, 0.5) is 5.69 Å². The van der Waals surface area contributed by atoms with Crippen LogP contribution in [-0.2, 0) is 13.1 Å². The van der Waals surface area contributed by atoms with Crippen molar-refractivity contribution in [1.82, 2.24) is 20.3 Å². The van der Waals surface area contributed by atoms with Gasteiger partial charge in [0.15, 0.2) is 0 Å². The molecular weight excluding hydrogens is 354 g/mol. The van der Waals surface area contributed by atoms with Crippen LogP contribution in [0.5, 0.6) is 0 Å². The van der Waals surface area contributed by atoms with Crippen molar-refractivity contribution in [3.63, 3.8) is 0 Å². The van der Waals surface area contributed by atoms with E-state index in [9.17, 15) is 4.79 Å². The largest absolute Gasteiger partial charge is 0.371 e. The molecule has 1 amide bonds. The molecule has 0 atom stereocenters. The number of aromatic nitrogens is 3. The molecule has 1 fully saturated rings. The van der Waals surface area contributed by atoms with Gasteiger partial charge in [-0.05, 0) is 38.3 Å². The van der Waals surface area contributed by atoms with Gasteiger partial charge >= 0.3 is 0 Å². The Kier molecular flexibility index (Phi) is 5.14. The Morgan fingerprint density at radius 3 is 2.79 bits per heavy atom. The normalized spacial score (nSPS) is 13.9. The van der Waals surface area contributed by atoms with Crippen LogP contribution in [0.1, 0.15) is 41.6 Å². The molecule has 1 N–H and O–H groups in total. The van der Waals surface area contributed by atoms with E-state index in [1.54, 1.807) is 12.3 Å². The summed E-state index contributed by atoms with van der Waals surface area (Å²) >= 11 is 0. The van der Waals surface area contributed by atoms with Crippen LogP contribution < -0.4 is 10.2 Å². The van der Waals surface area contributed by atoms with E-state index in [1.807, 2.05) is 30.7 Å². The number of amides is 1. The zero-order valence-corrected chi connectivity index (χ0v) is 16.3. The van der Waals surface area contributed by atoms with Gasteiger partial charge < -0.3 is 14.7 Å². The van der Waals surface area contributed by atoms with Crippen molar-refractivity contribution in [2.45, 2.75) is 39.8 Å². The highest BCUT2D eigenvalue weighted by atomic mass is 16.5. The smallest absolute Gasteiger partial charge is 0.290 e. The first-order valence-electron chi connectivity index (χ1n) is 9.78. The molecule has 3 aromatic rings. The van der Waals surface area contributed by atoms with Crippen molar-refractivity contribution in [2.24, 2.45) is 0 Å². The van der Waals surface area contributed by atoms with Gasteiger partial charge in [0.25, 0.3) is 5.91 Å². The Morgan fingerprint density at radius 1 is 1.25 bits per heavy atom. The molecule has 146 valence electrons. The molecule has 0 saturated carbocycles. The van der Waals surface area contributed by atoms with E-state index in [1.165, 1.54) is 18.5 Å². The van der Waals surface area contributed by atoms with Crippen LogP contribution in [0, 0.1) is 6.92 Å². The van der Waals surface area contributed by atoms with Gasteiger partial charge in [-0.3, -0.25) is 9.48 Å². The third-order valence-electron chi connectivity index (χ3n) is 5.29. The van der Waals surface area contributed by atoms with Crippen LogP contribution in [0.15, 0.2) is 41.1 Å². The first-order chi connectivity index (χ1) is 13.7. The molecule has 28 heavy (non-hydrogen) atoms. The number of rotatable bonds is 6. The molecule has 1 aliphatic rings. The van der Waals surface area contributed by atoms with Crippen LogP contribution in [0.3, 0.4) is 0 Å². The molecule has 3 heterocycles. The second-order valence-electron chi connectivity index (χ2n) is 7.04. The van der Waals surface area contributed by atoms with Gasteiger partial charge in [-0.1, -0.05) is 23.4 Å². The molecule has 0 spiro atoms. The summed E-state index contributed by atoms with van der Waals surface area (Å²) in [6.07, 6.45) is 4.19. The van der Waals surface area contributed by atoms with Crippen molar-refractivity contribution in [1.29, 1.82) is 0 Å². The van der Waals surface area contributed by atoms with Crippen LogP contribution in [0.2, 0.25) is 0 Å². The number of aryl methyl sites for hydroxylation is 1. The summed E-state index contributed by atoms with van der Waals surface area (Å²) in [6, 6.07) is 9.89. The zero-order chi connectivity index (χ0) is 19.5. The summed E-state index contributed by atoms with van der Waals surface area (Å²) in [5, 5.41) is 11.3. The van der Waals surface area contributed by atoms with Crippen LogP contribution in [-0.4, -0.2) is 33.9 Å². The Morgan fingerprint density at radius 2 is 2.04 bits per heavy atom. The lowest BCUT2D eigenvalue weighted by molar-refractivity contribution is 0.0914. The molecule has 0 aliphatic carbocycles. The summed E-state index contributed by atoms with van der Waals surface area (Å²) in [6.45, 7) is 7.39. The summed E-state index contributed by atoms with van der Waals surface area (Å²) in [5.41, 5.74) is 4.81. The minimum Gasteiger partial charge on any atom is -0.371 e. The van der Waals surface area contributed by atoms with Crippen molar-refractivity contribution in [2.75, 3.05) is 18.0 Å². The SMILES string of the molecule is CCn1ncc(-c2cc(C(=O)NCc3ccccc3N3CCCC3)on2)c1C. The summed E-state index contributed by atoms with van der Waals surface area (Å²) in [5.74, 6) is -0.0622. The highest BCUT2D eigenvalue weighted by Crippen LogP contribution is 2.25. The zero-order valence-electron chi connectivity index (χ0n) is 16.3. The van der Waals surface area contributed by atoms with Crippen LogP contribution in [0.25, 0.3) is 11.3 Å². The van der Waals surface area contributed by atoms with Crippen LogP contribution >= 0.6 is 0 Å². The van der Waals surface area contributed by atoms with E-state index < -0.39 is 0 Å². The van der Waals surface area contributed by atoms with Gasteiger partial charge in [0, 0.05) is 49.2 Å². The molecule has 1 aliphatic heterocycles. The van der Waals surface area contributed by atoms with Gasteiger partial charge in [0.2, 0.25) is 5.76 Å². The molecule has 7 nitrogen and oxygen atoms in total. The fourth-order valence-corrected chi connectivity index (χ4v) is 3.72. The lowest BCUT2D eigenvalue weighted by Crippen LogP contribution is -2.25. The maximum atomic E-state index is 12.6. The minimum absolute atomic E-state index is 0.206. The molecule has 1 saturated heterocycles. The molecule has 4 rings (SSSR count). The number of nitrogens with zero attached hydrogens (tertiary/aromatic N) is 4.